The van der Waals surface area contributed by atoms with Crippen LogP contribution in [-0.2, 0) is 4.79 Å². The first-order chi connectivity index (χ1) is 10.5. The third-order valence-electron chi connectivity index (χ3n) is 3.27. The molecule has 1 N–H and O–H groups in total. The van der Waals surface area contributed by atoms with Crippen molar-refractivity contribution < 1.29 is 4.79 Å². The SMILES string of the molecule is CNc1nc2ccccn2c(=O)c1/C=C1/SC(=S)N(C)C1=O. The van der Waals surface area contributed by atoms with Crippen LogP contribution in [0.25, 0.3) is 11.7 Å². The Hall–Kier alpha value is -2.19. The molecule has 0 aliphatic carbocycles. The highest BCUT2D eigenvalue weighted by Gasteiger charge is 2.29. The van der Waals surface area contributed by atoms with Crippen LogP contribution >= 0.6 is 24.0 Å². The van der Waals surface area contributed by atoms with E-state index in [4.69, 9.17) is 12.2 Å². The molecule has 1 aliphatic rings. The third-order valence-corrected chi connectivity index (χ3v) is 4.75. The fourth-order valence-corrected chi connectivity index (χ4v) is 3.26. The van der Waals surface area contributed by atoms with Gasteiger partial charge in [0.15, 0.2) is 0 Å². The van der Waals surface area contributed by atoms with E-state index < -0.39 is 0 Å². The first-order valence-corrected chi connectivity index (χ1v) is 7.66. The summed E-state index contributed by atoms with van der Waals surface area (Å²) in [5.74, 6) is 0.215. The lowest BCUT2D eigenvalue weighted by atomic mass is 10.2. The average molecular weight is 332 g/mol. The molecule has 0 aromatic carbocycles. The summed E-state index contributed by atoms with van der Waals surface area (Å²) in [6, 6.07) is 5.31. The number of amides is 1. The average Bonchev–Trinajstić information content (AvgIpc) is 2.77. The van der Waals surface area contributed by atoms with Crippen LogP contribution in [-0.4, -0.2) is 38.6 Å². The van der Waals surface area contributed by atoms with E-state index in [0.717, 1.165) is 0 Å². The summed E-state index contributed by atoms with van der Waals surface area (Å²) in [5, 5.41) is 2.90. The van der Waals surface area contributed by atoms with Gasteiger partial charge in [-0.15, -0.1) is 0 Å². The van der Waals surface area contributed by atoms with Crippen LogP contribution in [0.15, 0.2) is 34.1 Å². The molecule has 112 valence electrons. The molecule has 0 spiro atoms. The molecular weight excluding hydrogens is 320 g/mol. The Kier molecular flexibility index (Phi) is 3.71. The number of rotatable bonds is 2. The summed E-state index contributed by atoms with van der Waals surface area (Å²) < 4.78 is 1.91. The van der Waals surface area contributed by atoms with Crippen molar-refractivity contribution in [3.8, 4) is 0 Å². The molecule has 0 bridgehead atoms. The predicted octanol–water partition coefficient (Wildman–Crippen LogP) is 1.57. The van der Waals surface area contributed by atoms with Gasteiger partial charge in [0.25, 0.3) is 11.5 Å². The zero-order valence-electron chi connectivity index (χ0n) is 11.9. The Balaban J connectivity index is 2.23. The number of carbonyl (C=O) groups excluding carboxylic acids is 1. The third kappa shape index (κ3) is 2.30. The van der Waals surface area contributed by atoms with Gasteiger partial charge in [-0.1, -0.05) is 30.0 Å². The van der Waals surface area contributed by atoms with E-state index in [-0.39, 0.29) is 11.5 Å². The van der Waals surface area contributed by atoms with Crippen molar-refractivity contribution in [1.82, 2.24) is 14.3 Å². The van der Waals surface area contributed by atoms with Crippen molar-refractivity contribution in [2.45, 2.75) is 0 Å². The topological polar surface area (TPSA) is 66.7 Å². The van der Waals surface area contributed by atoms with Crippen LogP contribution < -0.4 is 10.9 Å². The Bertz CT molecular complexity index is 888. The normalized spacial score (nSPS) is 16.8. The van der Waals surface area contributed by atoms with Crippen molar-refractivity contribution in [2.24, 2.45) is 0 Å². The first-order valence-electron chi connectivity index (χ1n) is 6.43. The number of hydrogen-bond donors (Lipinski definition) is 1. The minimum absolute atomic E-state index is 0.213. The molecule has 6 nitrogen and oxygen atoms in total. The van der Waals surface area contributed by atoms with Gasteiger partial charge in [-0.05, 0) is 18.2 Å². The largest absolute Gasteiger partial charge is 0.372 e. The number of thioether (sulfide) groups is 1. The van der Waals surface area contributed by atoms with Crippen molar-refractivity contribution in [2.75, 3.05) is 19.4 Å². The number of pyridine rings is 1. The lowest BCUT2D eigenvalue weighted by molar-refractivity contribution is -0.121. The molecule has 1 fully saturated rings. The second kappa shape index (κ2) is 5.54. The molecule has 3 heterocycles. The highest BCUT2D eigenvalue weighted by Crippen LogP contribution is 2.31. The van der Waals surface area contributed by atoms with Gasteiger partial charge in [-0.2, -0.15) is 0 Å². The molecule has 2 aromatic rings. The van der Waals surface area contributed by atoms with Gasteiger partial charge in [0.2, 0.25) is 0 Å². The van der Waals surface area contributed by atoms with Gasteiger partial charge in [0.1, 0.15) is 15.8 Å². The molecule has 2 aromatic heterocycles. The Morgan fingerprint density at radius 2 is 2.14 bits per heavy atom. The zero-order valence-corrected chi connectivity index (χ0v) is 13.5. The van der Waals surface area contributed by atoms with Crippen LogP contribution in [0, 0.1) is 0 Å². The van der Waals surface area contributed by atoms with Gasteiger partial charge in [0, 0.05) is 20.3 Å². The van der Waals surface area contributed by atoms with E-state index in [9.17, 15) is 9.59 Å². The van der Waals surface area contributed by atoms with Crippen LogP contribution in [0.3, 0.4) is 0 Å². The molecule has 8 heteroatoms. The number of anilines is 1. The standard InChI is InChI=1S/C14H12N4O2S2/c1-15-11-8(7-9-13(20)17(2)14(21)22-9)12(19)18-6-4-3-5-10(18)16-11/h3-7,15H,1-2H3/b9-7+. The van der Waals surface area contributed by atoms with E-state index >= 15 is 0 Å². The summed E-state index contributed by atoms with van der Waals surface area (Å²) in [6.07, 6.45) is 3.19. The molecule has 1 amide bonds. The van der Waals surface area contributed by atoms with E-state index in [0.29, 0.717) is 26.3 Å². The van der Waals surface area contributed by atoms with E-state index in [1.807, 2.05) is 6.07 Å². The fraction of sp³-hybridized carbons (Fsp3) is 0.143. The van der Waals surface area contributed by atoms with Gasteiger partial charge < -0.3 is 5.32 Å². The van der Waals surface area contributed by atoms with E-state index in [1.165, 1.54) is 21.1 Å². The van der Waals surface area contributed by atoms with Crippen molar-refractivity contribution >= 4 is 51.7 Å². The van der Waals surface area contributed by atoms with Crippen molar-refractivity contribution in [3.63, 3.8) is 0 Å². The van der Waals surface area contributed by atoms with Gasteiger partial charge in [0.05, 0.1) is 10.5 Å². The molecule has 0 unspecified atom stereocenters. The Labute approximate surface area is 135 Å². The highest BCUT2D eigenvalue weighted by molar-refractivity contribution is 8.26. The molecule has 1 aliphatic heterocycles. The number of carbonyl (C=O) groups is 1. The van der Waals surface area contributed by atoms with Crippen molar-refractivity contribution in [3.05, 3.63) is 45.2 Å². The summed E-state index contributed by atoms with van der Waals surface area (Å²) in [7, 11) is 3.30. The summed E-state index contributed by atoms with van der Waals surface area (Å²) in [6.45, 7) is 0. The lowest BCUT2D eigenvalue weighted by Gasteiger charge is -2.08. The second-order valence-corrected chi connectivity index (χ2v) is 6.27. The summed E-state index contributed by atoms with van der Waals surface area (Å²) in [4.78, 5) is 30.9. The zero-order chi connectivity index (χ0) is 15.9. The van der Waals surface area contributed by atoms with Crippen LogP contribution in [0.1, 0.15) is 5.56 Å². The molecular formula is C14H12N4O2S2. The maximum Gasteiger partial charge on any atom is 0.267 e. The van der Waals surface area contributed by atoms with Crippen LogP contribution in [0.2, 0.25) is 0 Å². The molecule has 0 radical (unpaired) electrons. The number of nitrogens with zero attached hydrogens (tertiary/aromatic N) is 3. The van der Waals surface area contributed by atoms with Crippen LogP contribution in [0.5, 0.6) is 0 Å². The summed E-state index contributed by atoms with van der Waals surface area (Å²) >= 11 is 6.27. The quantitative estimate of drug-likeness (QED) is 0.665. The number of fused-ring (bicyclic) bond motifs is 1. The number of nitrogens with one attached hydrogen (secondary N) is 1. The van der Waals surface area contributed by atoms with E-state index in [1.54, 1.807) is 38.5 Å². The summed E-state index contributed by atoms with van der Waals surface area (Å²) in [5.41, 5.74) is 0.633. The van der Waals surface area contributed by atoms with Gasteiger partial charge in [-0.25, -0.2) is 4.98 Å². The van der Waals surface area contributed by atoms with Gasteiger partial charge in [-0.3, -0.25) is 18.9 Å². The maximum atomic E-state index is 12.6. The molecule has 22 heavy (non-hydrogen) atoms. The molecule has 3 rings (SSSR count). The minimum Gasteiger partial charge on any atom is -0.372 e. The molecule has 0 atom stereocenters. The number of likely N-dealkylation sites (N-methyl/N-ethyl adjacent to an activating group) is 1. The smallest absolute Gasteiger partial charge is 0.267 e. The Morgan fingerprint density at radius 3 is 2.77 bits per heavy atom. The number of thiocarbonyl (C=S) groups is 1. The maximum absolute atomic E-state index is 12.6. The minimum atomic E-state index is -0.240. The van der Waals surface area contributed by atoms with Crippen LogP contribution in [0.4, 0.5) is 5.82 Å². The monoisotopic (exact) mass is 332 g/mol. The number of aromatic nitrogens is 2. The van der Waals surface area contributed by atoms with Gasteiger partial charge >= 0.3 is 0 Å². The van der Waals surface area contributed by atoms with E-state index in [2.05, 4.69) is 10.3 Å². The Morgan fingerprint density at radius 1 is 1.36 bits per heavy atom. The fourth-order valence-electron chi connectivity index (χ4n) is 2.10. The molecule has 0 saturated carbocycles. The predicted molar refractivity (Wildman–Crippen MR) is 91.9 cm³/mol. The van der Waals surface area contributed by atoms with Crippen molar-refractivity contribution in [1.29, 1.82) is 0 Å². The first kappa shape index (κ1) is 14.7. The second-order valence-electron chi connectivity index (χ2n) is 4.60. The molecule has 1 saturated heterocycles. The lowest BCUT2D eigenvalue weighted by Crippen LogP contribution is -2.23. The highest BCUT2D eigenvalue weighted by atomic mass is 32.2. The number of hydrogen-bond acceptors (Lipinski definition) is 6.